The van der Waals surface area contributed by atoms with Crippen LogP contribution in [0.4, 0.5) is 0 Å². The van der Waals surface area contributed by atoms with Gasteiger partial charge in [0, 0.05) is 31.6 Å². The van der Waals surface area contributed by atoms with Crippen LogP contribution in [0.15, 0.2) is 71.5 Å². The zero-order valence-corrected chi connectivity index (χ0v) is 16.9. The lowest BCUT2D eigenvalue weighted by Gasteiger charge is -2.22. The second kappa shape index (κ2) is 7.89. The highest BCUT2D eigenvalue weighted by molar-refractivity contribution is 7.16. The summed E-state index contributed by atoms with van der Waals surface area (Å²) in [4.78, 5) is 20.4. The van der Waals surface area contributed by atoms with Gasteiger partial charge in [0.15, 0.2) is 0 Å². The van der Waals surface area contributed by atoms with Crippen LogP contribution in [0.1, 0.15) is 40.6 Å². The van der Waals surface area contributed by atoms with E-state index in [9.17, 15) is 4.79 Å². The average molecular weight is 403 g/mol. The lowest BCUT2D eigenvalue weighted by Crippen LogP contribution is -2.25. The number of fused-ring (bicyclic) bond motifs is 1. The van der Waals surface area contributed by atoms with Gasteiger partial charge in [0.25, 0.3) is 5.56 Å². The summed E-state index contributed by atoms with van der Waals surface area (Å²) in [5.41, 5.74) is 3.20. The summed E-state index contributed by atoms with van der Waals surface area (Å²) in [5.74, 6) is 0.525. The third-order valence-electron chi connectivity index (χ3n) is 5.12. The molecule has 5 rings (SSSR count). The van der Waals surface area contributed by atoms with Crippen LogP contribution in [0, 0.1) is 0 Å². The monoisotopic (exact) mass is 402 g/mol. The maximum atomic E-state index is 12.6. The Morgan fingerprint density at radius 1 is 0.931 bits per heavy atom. The van der Waals surface area contributed by atoms with Crippen molar-refractivity contribution in [2.45, 2.75) is 38.4 Å². The van der Waals surface area contributed by atoms with E-state index < -0.39 is 0 Å². The highest BCUT2D eigenvalue weighted by Crippen LogP contribution is 2.41. The van der Waals surface area contributed by atoms with Crippen molar-refractivity contribution in [3.05, 3.63) is 98.9 Å². The Hall–Kier alpha value is -2.83. The van der Waals surface area contributed by atoms with Crippen molar-refractivity contribution >= 4 is 16.3 Å². The van der Waals surface area contributed by atoms with Gasteiger partial charge in [-0.2, -0.15) is 9.61 Å². The summed E-state index contributed by atoms with van der Waals surface area (Å²) < 4.78 is 1.46. The summed E-state index contributed by atoms with van der Waals surface area (Å²) in [6.45, 7) is 2.21. The van der Waals surface area contributed by atoms with Gasteiger partial charge in [-0.3, -0.25) is 9.69 Å². The lowest BCUT2D eigenvalue weighted by molar-refractivity contribution is 0.244. The summed E-state index contributed by atoms with van der Waals surface area (Å²) in [6.07, 6.45) is 2.34. The molecule has 0 spiro atoms. The molecule has 0 saturated heterocycles. The minimum atomic E-state index is -0.0903. The van der Waals surface area contributed by atoms with Crippen LogP contribution >= 0.6 is 11.3 Å². The predicted octanol–water partition coefficient (Wildman–Crippen LogP) is 4.23. The number of hydrogen-bond acceptors (Lipinski definition) is 5. The molecule has 1 aliphatic carbocycles. The molecular formula is C23H22N4OS. The second-order valence-corrected chi connectivity index (χ2v) is 8.60. The van der Waals surface area contributed by atoms with Gasteiger partial charge in [-0.05, 0) is 24.0 Å². The Balaban J connectivity index is 1.43. The first kappa shape index (κ1) is 18.2. The molecule has 146 valence electrons. The number of benzene rings is 2. The van der Waals surface area contributed by atoms with E-state index in [1.165, 1.54) is 28.5 Å². The largest absolute Gasteiger partial charge is 0.289 e. The first-order chi connectivity index (χ1) is 14.2. The summed E-state index contributed by atoms with van der Waals surface area (Å²) in [5, 5.41) is 5.52. The topological polar surface area (TPSA) is 50.5 Å². The Morgan fingerprint density at radius 2 is 1.55 bits per heavy atom. The minimum absolute atomic E-state index is 0.0903. The molecule has 4 aromatic rings. The fraction of sp³-hybridized carbons (Fsp3) is 0.261. The number of aromatic nitrogens is 3. The van der Waals surface area contributed by atoms with Crippen molar-refractivity contribution in [1.29, 1.82) is 0 Å². The molecule has 0 aliphatic heterocycles. The zero-order valence-electron chi connectivity index (χ0n) is 16.1. The van der Waals surface area contributed by atoms with E-state index in [2.05, 4.69) is 58.5 Å². The van der Waals surface area contributed by atoms with E-state index in [0.717, 1.165) is 23.8 Å². The molecule has 0 unspecified atom stereocenters. The predicted molar refractivity (Wildman–Crippen MR) is 115 cm³/mol. The summed E-state index contributed by atoms with van der Waals surface area (Å²) in [7, 11) is 0. The van der Waals surface area contributed by atoms with Crippen LogP contribution in [0.25, 0.3) is 4.96 Å². The second-order valence-electron chi connectivity index (χ2n) is 7.61. The number of nitrogens with zero attached hydrogens (tertiary/aromatic N) is 4. The molecular weight excluding hydrogens is 380 g/mol. The van der Waals surface area contributed by atoms with E-state index in [1.54, 1.807) is 17.4 Å². The smallest absolute Gasteiger partial charge is 0.275 e. The van der Waals surface area contributed by atoms with E-state index in [4.69, 9.17) is 4.98 Å². The molecule has 6 heteroatoms. The van der Waals surface area contributed by atoms with Gasteiger partial charge in [0.05, 0.1) is 5.69 Å². The summed E-state index contributed by atoms with van der Waals surface area (Å²) in [6, 6.07) is 22.5. The van der Waals surface area contributed by atoms with Crippen LogP contribution in [-0.4, -0.2) is 19.5 Å². The molecule has 2 aromatic heterocycles. The Bertz CT molecular complexity index is 1120. The normalized spacial score (nSPS) is 14.0. The SMILES string of the molecule is O=c1cc(CN(Cc2ccccc2)Cc2ccccc2)nc2sc(C3CC3)nn12. The van der Waals surface area contributed by atoms with Crippen LogP contribution in [0.5, 0.6) is 0 Å². The van der Waals surface area contributed by atoms with Crippen LogP contribution in [-0.2, 0) is 19.6 Å². The molecule has 2 heterocycles. The third kappa shape index (κ3) is 4.28. The van der Waals surface area contributed by atoms with Gasteiger partial charge < -0.3 is 0 Å². The molecule has 0 amide bonds. The van der Waals surface area contributed by atoms with Crippen molar-refractivity contribution in [2.75, 3.05) is 0 Å². The molecule has 0 N–H and O–H groups in total. The van der Waals surface area contributed by atoms with Gasteiger partial charge >= 0.3 is 0 Å². The van der Waals surface area contributed by atoms with Gasteiger partial charge in [0.1, 0.15) is 5.01 Å². The van der Waals surface area contributed by atoms with E-state index >= 15 is 0 Å². The number of hydrogen-bond donors (Lipinski definition) is 0. The lowest BCUT2D eigenvalue weighted by atomic mass is 10.1. The summed E-state index contributed by atoms with van der Waals surface area (Å²) >= 11 is 1.55. The van der Waals surface area contributed by atoms with Crippen LogP contribution in [0.3, 0.4) is 0 Å². The van der Waals surface area contributed by atoms with Crippen molar-refractivity contribution in [3.8, 4) is 0 Å². The molecule has 0 bridgehead atoms. The molecule has 0 atom stereocenters. The van der Waals surface area contributed by atoms with Gasteiger partial charge in [-0.15, -0.1) is 0 Å². The molecule has 1 fully saturated rings. The van der Waals surface area contributed by atoms with Gasteiger partial charge in [-0.1, -0.05) is 72.0 Å². The minimum Gasteiger partial charge on any atom is -0.289 e. The molecule has 5 nitrogen and oxygen atoms in total. The standard InChI is InChI=1S/C23H22N4OS/c28-21-13-20(24-23-27(21)25-22(29-23)19-11-12-19)16-26(14-17-7-3-1-4-8-17)15-18-9-5-2-6-10-18/h1-10,13,19H,11-12,14-16H2. The molecule has 2 aromatic carbocycles. The Labute approximate surface area is 173 Å². The maximum absolute atomic E-state index is 12.6. The van der Waals surface area contributed by atoms with Crippen molar-refractivity contribution in [1.82, 2.24) is 19.5 Å². The van der Waals surface area contributed by atoms with E-state index in [0.29, 0.717) is 17.4 Å². The van der Waals surface area contributed by atoms with Crippen LogP contribution in [0.2, 0.25) is 0 Å². The first-order valence-electron chi connectivity index (χ1n) is 9.94. The van der Waals surface area contributed by atoms with E-state index in [-0.39, 0.29) is 5.56 Å². The average Bonchev–Trinajstić information content (AvgIpc) is 3.49. The quantitative estimate of drug-likeness (QED) is 0.464. The highest BCUT2D eigenvalue weighted by Gasteiger charge is 2.28. The fourth-order valence-electron chi connectivity index (χ4n) is 3.53. The molecule has 29 heavy (non-hydrogen) atoms. The third-order valence-corrected chi connectivity index (χ3v) is 6.19. The maximum Gasteiger partial charge on any atom is 0.275 e. The molecule has 1 saturated carbocycles. The van der Waals surface area contributed by atoms with Crippen LogP contribution < -0.4 is 5.56 Å². The first-order valence-corrected chi connectivity index (χ1v) is 10.8. The van der Waals surface area contributed by atoms with Crippen molar-refractivity contribution < 1.29 is 0 Å². The van der Waals surface area contributed by atoms with E-state index in [1.807, 2.05) is 12.1 Å². The molecule has 0 radical (unpaired) electrons. The van der Waals surface area contributed by atoms with Crippen molar-refractivity contribution in [3.63, 3.8) is 0 Å². The molecule has 1 aliphatic rings. The van der Waals surface area contributed by atoms with Crippen molar-refractivity contribution in [2.24, 2.45) is 0 Å². The van der Waals surface area contributed by atoms with Gasteiger partial charge in [-0.25, -0.2) is 4.98 Å². The Kier molecular flexibility index (Phi) is 4.96. The number of rotatable bonds is 7. The van der Waals surface area contributed by atoms with Gasteiger partial charge in [0.2, 0.25) is 4.96 Å². The highest BCUT2D eigenvalue weighted by atomic mass is 32.1. The fourth-order valence-corrected chi connectivity index (χ4v) is 4.62. The Morgan fingerprint density at radius 3 is 2.14 bits per heavy atom. The zero-order chi connectivity index (χ0) is 19.6.